The molecule has 0 fully saturated rings. The summed E-state index contributed by atoms with van der Waals surface area (Å²) in [6, 6.07) is -3.43. The third-order valence-corrected chi connectivity index (χ3v) is 0.458. The van der Waals surface area contributed by atoms with Gasteiger partial charge in [-0.1, -0.05) is 4.48 Å². The highest BCUT2D eigenvalue weighted by molar-refractivity contribution is 4.82. The quantitative estimate of drug-likeness (QED) is 0.455. The number of hydrogen-bond donors (Lipinski definition) is 0. The van der Waals surface area contributed by atoms with Crippen molar-refractivity contribution in [2.45, 2.75) is 0 Å². The van der Waals surface area contributed by atoms with Gasteiger partial charge in [-0.05, 0) is 0 Å². The van der Waals surface area contributed by atoms with Crippen LogP contribution in [0.2, 0.25) is 0 Å². The molecular weight excluding hydrogens is 127 g/mol. The zero-order valence-corrected chi connectivity index (χ0v) is 3.40. The average Bonchev–Trinajstić information content (AvgIpc) is 1.85. The molecule has 1 aliphatic rings. The van der Waals surface area contributed by atoms with Gasteiger partial charge in [0.15, 0.2) is 0 Å². The summed E-state index contributed by atoms with van der Waals surface area (Å²) < 4.78 is 34.2. The normalized spacial score (nSPS) is 20.9. The number of halogens is 3. The molecule has 0 aromatic heterocycles. The van der Waals surface area contributed by atoms with Crippen LogP contribution in [0.15, 0.2) is 12.0 Å². The van der Waals surface area contributed by atoms with E-state index >= 15 is 0 Å². The zero-order valence-electron chi connectivity index (χ0n) is 3.40. The SMILES string of the molecule is FC1=C(F)ON(F)O1. The molecular formula is C2F3NO2. The van der Waals surface area contributed by atoms with Gasteiger partial charge in [-0.25, -0.2) is 0 Å². The monoisotopic (exact) mass is 127 g/mol. The summed E-state index contributed by atoms with van der Waals surface area (Å²) in [7, 11) is 0. The molecule has 46 valence electrons. The number of hydrogen-bond acceptors (Lipinski definition) is 3. The Labute approximate surface area is 41.7 Å². The summed E-state index contributed by atoms with van der Waals surface area (Å²) in [5, 5.41) is 0. The molecule has 0 aliphatic carbocycles. The van der Waals surface area contributed by atoms with Crippen molar-refractivity contribution < 1.29 is 22.9 Å². The van der Waals surface area contributed by atoms with Crippen LogP contribution in [0.1, 0.15) is 0 Å². The van der Waals surface area contributed by atoms with Crippen LogP contribution in [0.4, 0.5) is 13.3 Å². The van der Waals surface area contributed by atoms with Gasteiger partial charge >= 0.3 is 12.0 Å². The fourth-order valence-electron chi connectivity index (χ4n) is 0.216. The molecule has 3 nitrogen and oxygen atoms in total. The van der Waals surface area contributed by atoms with E-state index in [9.17, 15) is 13.3 Å². The van der Waals surface area contributed by atoms with Gasteiger partial charge in [0.2, 0.25) is 5.45 Å². The maximum Gasteiger partial charge on any atom is 0.374 e. The smallest absolute Gasteiger partial charge is 0.306 e. The van der Waals surface area contributed by atoms with Crippen LogP contribution in [-0.2, 0) is 9.68 Å². The molecule has 0 atom stereocenters. The number of rotatable bonds is 0. The lowest BCUT2D eigenvalue weighted by Gasteiger charge is -1.94. The highest BCUT2D eigenvalue weighted by Gasteiger charge is 2.26. The first-order valence-corrected chi connectivity index (χ1v) is 1.57. The Morgan fingerprint density at radius 2 is 1.50 bits per heavy atom. The Hall–Kier alpha value is -0.910. The highest BCUT2D eigenvalue weighted by atomic mass is 19.2. The van der Waals surface area contributed by atoms with E-state index in [0.717, 1.165) is 0 Å². The van der Waals surface area contributed by atoms with Crippen LogP contribution in [0.3, 0.4) is 0 Å². The van der Waals surface area contributed by atoms with Gasteiger partial charge in [0.25, 0.3) is 0 Å². The molecule has 0 saturated carbocycles. The lowest BCUT2D eigenvalue weighted by atomic mass is 11.0. The first kappa shape index (κ1) is 5.23. The third kappa shape index (κ3) is 0.692. The van der Waals surface area contributed by atoms with Crippen molar-refractivity contribution in [1.29, 1.82) is 0 Å². The zero-order chi connectivity index (χ0) is 6.15. The molecule has 0 aromatic carbocycles. The third-order valence-electron chi connectivity index (χ3n) is 0.458. The summed E-state index contributed by atoms with van der Waals surface area (Å²) in [6.07, 6.45) is 0. The molecule has 1 rings (SSSR count). The Kier molecular flexibility index (Phi) is 1.01. The van der Waals surface area contributed by atoms with Crippen molar-refractivity contribution in [1.82, 2.24) is 5.45 Å². The Balaban J connectivity index is 2.60. The average molecular weight is 127 g/mol. The predicted octanol–water partition coefficient (Wildman–Crippen LogP) is 1.12. The van der Waals surface area contributed by atoms with E-state index in [2.05, 4.69) is 9.68 Å². The summed E-state index contributed by atoms with van der Waals surface area (Å²) in [6.45, 7) is 0. The summed E-state index contributed by atoms with van der Waals surface area (Å²) in [4.78, 5) is 6.51. The fraction of sp³-hybridized carbons (Fsp3) is 0. The van der Waals surface area contributed by atoms with Crippen LogP contribution < -0.4 is 0 Å². The van der Waals surface area contributed by atoms with Crippen molar-refractivity contribution in [3.8, 4) is 0 Å². The van der Waals surface area contributed by atoms with Crippen LogP contribution in [-0.4, -0.2) is 5.45 Å². The van der Waals surface area contributed by atoms with Gasteiger partial charge in [0.05, 0.1) is 0 Å². The fourth-order valence-corrected chi connectivity index (χ4v) is 0.216. The second kappa shape index (κ2) is 1.55. The second-order valence-corrected chi connectivity index (χ2v) is 0.943. The first-order chi connectivity index (χ1) is 3.70. The van der Waals surface area contributed by atoms with E-state index in [1.54, 1.807) is 0 Å². The van der Waals surface area contributed by atoms with Gasteiger partial charge < -0.3 is 9.68 Å². The lowest BCUT2D eigenvalue weighted by Crippen LogP contribution is -2.02. The molecule has 0 amide bonds. The molecule has 8 heavy (non-hydrogen) atoms. The van der Waals surface area contributed by atoms with Crippen LogP contribution in [0.5, 0.6) is 0 Å². The van der Waals surface area contributed by atoms with E-state index in [0.29, 0.717) is 0 Å². The van der Waals surface area contributed by atoms with E-state index in [-0.39, 0.29) is 0 Å². The highest BCUT2D eigenvalue weighted by Crippen LogP contribution is 2.22. The van der Waals surface area contributed by atoms with Gasteiger partial charge in [0.1, 0.15) is 0 Å². The van der Waals surface area contributed by atoms with E-state index < -0.39 is 17.5 Å². The standard InChI is InChI=1S/C2F3NO2/c3-1-2(4)8-6(5)7-1. The minimum atomic E-state index is -1.72. The molecule has 6 heteroatoms. The van der Waals surface area contributed by atoms with E-state index in [1.807, 2.05) is 0 Å². The minimum absolute atomic E-state index is 0.926. The van der Waals surface area contributed by atoms with Crippen LogP contribution in [0, 0.1) is 0 Å². The van der Waals surface area contributed by atoms with Crippen LogP contribution in [0.25, 0.3) is 0 Å². The summed E-state index contributed by atoms with van der Waals surface area (Å²) in [5.41, 5.74) is -0.926. The molecule has 0 aromatic rings. The van der Waals surface area contributed by atoms with Crippen molar-refractivity contribution in [2.75, 3.05) is 0 Å². The summed E-state index contributed by atoms with van der Waals surface area (Å²) in [5.74, 6) is 0. The molecule has 0 bridgehead atoms. The Morgan fingerprint density at radius 3 is 1.62 bits per heavy atom. The topological polar surface area (TPSA) is 21.7 Å². The number of nitrogens with zero attached hydrogens (tertiary/aromatic N) is 1. The van der Waals surface area contributed by atoms with Gasteiger partial charge in [0, 0.05) is 0 Å². The van der Waals surface area contributed by atoms with Gasteiger partial charge in [-0.3, -0.25) is 0 Å². The molecule has 0 spiro atoms. The lowest BCUT2D eigenvalue weighted by molar-refractivity contribution is -0.415. The maximum atomic E-state index is 11.4. The van der Waals surface area contributed by atoms with Crippen molar-refractivity contribution >= 4 is 0 Å². The first-order valence-electron chi connectivity index (χ1n) is 1.57. The molecule has 1 aliphatic heterocycles. The molecule has 0 saturated heterocycles. The van der Waals surface area contributed by atoms with E-state index in [1.165, 1.54) is 0 Å². The second-order valence-electron chi connectivity index (χ2n) is 0.943. The van der Waals surface area contributed by atoms with Gasteiger partial charge in [-0.15, -0.1) is 0 Å². The van der Waals surface area contributed by atoms with Crippen molar-refractivity contribution in [2.24, 2.45) is 0 Å². The molecule has 1 heterocycles. The predicted molar refractivity (Wildman–Crippen MR) is 14.4 cm³/mol. The summed E-state index contributed by atoms with van der Waals surface area (Å²) >= 11 is 0. The molecule has 0 N–H and O–H groups in total. The van der Waals surface area contributed by atoms with Crippen molar-refractivity contribution in [3.63, 3.8) is 0 Å². The molecule has 0 radical (unpaired) electrons. The minimum Gasteiger partial charge on any atom is -0.306 e. The molecule has 0 unspecified atom stereocenters. The Bertz CT molecular complexity index is 121. The van der Waals surface area contributed by atoms with E-state index in [4.69, 9.17) is 0 Å². The Morgan fingerprint density at radius 1 is 1.12 bits per heavy atom. The maximum absolute atomic E-state index is 11.4. The van der Waals surface area contributed by atoms with Crippen LogP contribution >= 0.6 is 0 Å². The van der Waals surface area contributed by atoms with Crippen molar-refractivity contribution in [3.05, 3.63) is 12.0 Å². The largest absolute Gasteiger partial charge is 0.374 e. The van der Waals surface area contributed by atoms with Gasteiger partial charge in [-0.2, -0.15) is 8.78 Å².